The van der Waals surface area contributed by atoms with Crippen molar-refractivity contribution in [1.82, 2.24) is 9.88 Å². The third kappa shape index (κ3) is 4.58. The van der Waals surface area contributed by atoms with Crippen molar-refractivity contribution in [3.63, 3.8) is 0 Å². The zero-order valence-corrected chi connectivity index (χ0v) is 16.3. The molecule has 2 aromatic rings. The molecule has 0 aliphatic heterocycles. The fraction of sp³-hybridized carbons (Fsp3) is 0.389. The standard InChI is InChI=1S/C18H21ClN2O3S/c1-5-21(10-11(2)18(23)24-4)17(22)15-12(3)20-16(25-15)13-6-8-14(19)9-7-13/h6-9,11H,5,10H2,1-4H3. The quantitative estimate of drug-likeness (QED) is 0.709. The number of nitrogens with zero attached hydrogens (tertiary/aromatic N) is 2. The molecule has 0 bridgehead atoms. The van der Waals surface area contributed by atoms with Gasteiger partial charge in [-0.05, 0) is 26.0 Å². The molecule has 1 aromatic carbocycles. The number of carbonyl (C=O) groups is 2. The summed E-state index contributed by atoms with van der Waals surface area (Å²) in [5.74, 6) is -0.819. The minimum Gasteiger partial charge on any atom is -0.469 e. The lowest BCUT2D eigenvalue weighted by atomic mass is 10.1. The van der Waals surface area contributed by atoms with Gasteiger partial charge < -0.3 is 9.64 Å². The smallest absolute Gasteiger partial charge is 0.310 e. The minimum absolute atomic E-state index is 0.117. The summed E-state index contributed by atoms with van der Waals surface area (Å²) in [6, 6.07) is 7.36. The zero-order chi connectivity index (χ0) is 18.6. The number of hydrogen-bond acceptors (Lipinski definition) is 5. The Morgan fingerprint density at radius 3 is 2.52 bits per heavy atom. The molecule has 2 rings (SSSR count). The number of methoxy groups -OCH3 is 1. The summed E-state index contributed by atoms with van der Waals surface area (Å²) < 4.78 is 4.74. The van der Waals surface area contributed by atoms with E-state index in [1.165, 1.54) is 18.4 Å². The first-order valence-corrected chi connectivity index (χ1v) is 9.17. The van der Waals surface area contributed by atoms with E-state index in [4.69, 9.17) is 16.3 Å². The lowest BCUT2D eigenvalue weighted by molar-refractivity contribution is -0.145. The molecule has 0 N–H and O–H groups in total. The van der Waals surface area contributed by atoms with Gasteiger partial charge in [0, 0.05) is 23.7 Å². The summed E-state index contributed by atoms with van der Waals surface area (Å²) in [4.78, 5) is 31.2. The fourth-order valence-electron chi connectivity index (χ4n) is 2.42. The summed E-state index contributed by atoms with van der Waals surface area (Å²) in [5, 5.41) is 1.43. The molecule has 0 aliphatic carbocycles. The van der Waals surface area contributed by atoms with Crippen molar-refractivity contribution in [3.05, 3.63) is 39.9 Å². The molecule has 1 heterocycles. The number of carbonyl (C=O) groups excluding carboxylic acids is 2. The van der Waals surface area contributed by atoms with Crippen LogP contribution in [-0.4, -0.2) is 42.0 Å². The predicted molar refractivity (Wildman–Crippen MR) is 100 cm³/mol. The van der Waals surface area contributed by atoms with Crippen molar-refractivity contribution in [2.75, 3.05) is 20.2 Å². The third-order valence-electron chi connectivity index (χ3n) is 3.85. The second kappa shape index (κ2) is 8.45. The second-order valence-corrected chi connectivity index (χ2v) is 7.14. The SMILES string of the molecule is CCN(CC(C)C(=O)OC)C(=O)c1sc(-c2ccc(Cl)cc2)nc1C. The number of aryl methyl sites for hydroxylation is 1. The molecule has 0 saturated heterocycles. The number of halogens is 1. The number of aromatic nitrogens is 1. The number of thiazole rings is 1. The zero-order valence-electron chi connectivity index (χ0n) is 14.7. The summed E-state index contributed by atoms with van der Waals surface area (Å²) in [7, 11) is 1.35. The van der Waals surface area contributed by atoms with E-state index < -0.39 is 0 Å². The summed E-state index contributed by atoms with van der Waals surface area (Å²) >= 11 is 7.27. The molecule has 134 valence electrons. The molecule has 7 heteroatoms. The Hall–Kier alpha value is -1.92. The fourth-order valence-corrected chi connectivity index (χ4v) is 3.58. The number of hydrogen-bond donors (Lipinski definition) is 0. The van der Waals surface area contributed by atoms with Crippen molar-refractivity contribution in [1.29, 1.82) is 0 Å². The van der Waals surface area contributed by atoms with Crippen LogP contribution in [0.1, 0.15) is 29.2 Å². The maximum Gasteiger partial charge on any atom is 0.310 e. The van der Waals surface area contributed by atoms with Gasteiger partial charge in [0.25, 0.3) is 5.91 Å². The maximum atomic E-state index is 12.9. The van der Waals surface area contributed by atoms with Crippen LogP contribution in [0.3, 0.4) is 0 Å². The van der Waals surface area contributed by atoms with E-state index >= 15 is 0 Å². The molecule has 1 aromatic heterocycles. The molecular weight excluding hydrogens is 360 g/mol. The van der Waals surface area contributed by atoms with Crippen molar-refractivity contribution >= 4 is 34.8 Å². The van der Waals surface area contributed by atoms with Crippen LogP contribution >= 0.6 is 22.9 Å². The average molecular weight is 381 g/mol. The summed E-state index contributed by atoms with van der Waals surface area (Å²) in [5.41, 5.74) is 1.60. The highest BCUT2D eigenvalue weighted by Gasteiger charge is 2.24. The van der Waals surface area contributed by atoms with E-state index in [1.807, 2.05) is 26.0 Å². The lowest BCUT2D eigenvalue weighted by Crippen LogP contribution is -2.37. The van der Waals surface area contributed by atoms with Crippen LogP contribution in [0.4, 0.5) is 0 Å². The Labute approximate surface area is 156 Å². The first kappa shape index (κ1) is 19.4. The van der Waals surface area contributed by atoms with E-state index in [-0.39, 0.29) is 17.8 Å². The number of esters is 1. The third-order valence-corrected chi connectivity index (χ3v) is 5.30. The molecule has 0 aliphatic rings. The van der Waals surface area contributed by atoms with Crippen LogP contribution in [0.25, 0.3) is 10.6 Å². The van der Waals surface area contributed by atoms with E-state index in [9.17, 15) is 9.59 Å². The van der Waals surface area contributed by atoms with Gasteiger partial charge >= 0.3 is 5.97 Å². The van der Waals surface area contributed by atoms with Gasteiger partial charge in [-0.1, -0.05) is 30.7 Å². The Bertz CT molecular complexity index is 758. The van der Waals surface area contributed by atoms with E-state index in [0.29, 0.717) is 28.7 Å². The molecule has 1 unspecified atom stereocenters. The van der Waals surface area contributed by atoms with E-state index in [1.54, 1.807) is 24.0 Å². The minimum atomic E-state index is -0.377. The maximum absolute atomic E-state index is 12.9. The van der Waals surface area contributed by atoms with Crippen molar-refractivity contribution in [2.24, 2.45) is 5.92 Å². The largest absolute Gasteiger partial charge is 0.469 e. The van der Waals surface area contributed by atoms with Gasteiger partial charge in [-0.3, -0.25) is 9.59 Å². The number of ether oxygens (including phenoxy) is 1. The lowest BCUT2D eigenvalue weighted by Gasteiger charge is -2.23. The van der Waals surface area contributed by atoms with Gasteiger partial charge in [0.1, 0.15) is 9.88 Å². The van der Waals surface area contributed by atoms with Crippen LogP contribution in [-0.2, 0) is 9.53 Å². The van der Waals surface area contributed by atoms with Crippen molar-refractivity contribution in [2.45, 2.75) is 20.8 Å². The number of benzene rings is 1. The Kier molecular flexibility index (Phi) is 6.56. The Balaban J connectivity index is 2.23. The molecule has 0 fully saturated rings. The molecule has 1 amide bonds. The predicted octanol–water partition coefficient (Wildman–Crippen LogP) is 4.04. The molecule has 0 radical (unpaired) electrons. The van der Waals surface area contributed by atoms with Gasteiger partial charge in [-0.15, -0.1) is 11.3 Å². The van der Waals surface area contributed by atoms with Crippen LogP contribution in [0.2, 0.25) is 5.02 Å². The topological polar surface area (TPSA) is 59.5 Å². The first-order valence-electron chi connectivity index (χ1n) is 7.97. The number of rotatable bonds is 6. The Morgan fingerprint density at radius 1 is 1.32 bits per heavy atom. The van der Waals surface area contributed by atoms with Crippen molar-refractivity contribution in [3.8, 4) is 10.6 Å². The summed E-state index contributed by atoms with van der Waals surface area (Å²) in [6.07, 6.45) is 0. The van der Waals surface area contributed by atoms with Gasteiger partial charge in [0.2, 0.25) is 0 Å². The first-order chi connectivity index (χ1) is 11.9. The second-order valence-electron chi connectivity index (χ2n) is 5.71. The average Bonchev–Trinajstić information content (AvgIpc) is 3.00. The van der Waals surface area contributed by atoms with Gasteiger partial charge in [-0.2, -0.15) is 0 Å². The van der Waals surface area contributed by atoms with Crippen LogP contribution in [0, 0.1) is 12.8 Å². The normalized spacial score (nSPS) is 11.9. The van der Waals surface area contributed by atoms with Gasteiger partial charge in [0.15, 0.2) is 0 Å². The molecule has 0 spiro atoms. The van der Waals surface area contributed by atoms with E-state index in [0.717, 1.165) is 10.6 Å². The highest BCUT2D eigenvalue weighted by Crippen LogP contribution is 2.29. The monoisotopic (exact) mass is 380 g/mol. The highest BCUT2D eigenvalue weighted by atomic mass is 35.5. The van der Waals surface area contributed by atoms with Crippen LogP contribution in [0.15, 0.2) is 24.3 Å². The molecule has 5 nitrogen and oxygen atoms in total. The Morgan fingerprint density at radius 2 is 1.96 bits per heavy atom. The van der Waals surface area contributed by atoms with Gasteiger partial charge in [-0.25, -0.2) is 4.98 Å². The molecule has 0 saturated carbocycles. The number of amides is 1. The van der Waals surface area contributed by atoms with Crippen molar-refractivity contribution < 1.29 is 14.3 Å². The molecule has 25 heavy (non-hydrogen) atoms. The molecule has 1 atom stereocenters. The molecular formula is C18H21ClN2O3S. The highest BCUT2D eigenvalue weighted by molar-refractivity contribution is 7.17. The van der Waals surface area contributed by atoms with Gasteiger partial charge in [0.05, 0.1) is 18.7 Å². The van der Waals surface area contributed by atoms with Crippen LogP contribution in [0.5, 0.6) is 0 Å². The summed E-state index contributed by atoms with van der Waals surface area (Å²) in [6.45, 7) is 6.28. The van der Waals surface area contributed by atoms with E-state index in [2.05, 4.69) is 4.98 Å². The van der Waals surface area contributed by atoms with Crippen LogP contribution < -0.4 is 0 Å².